The van der Waals surface area contributed by atoms with Crippen LogP contribution in [-0.4, -0.2) is 48.5 Å². The molecule has 0 atom stereocenters. The van der Waals surface area contributed by atoms with Gasteiger partial charge >= 0.3 is 0 Å². The monoisotopic (exact) mass is 363 g/mol. The van der Waals surface area contributed by atoms with Crippen LogP contribution >= 0.6 is 0 Å². The summed E-state index contributed by atoms with van der Waals surface area (Å²) in [6.07, 6.45) is 4.24. The number of hydrogen-bond donors (Lipinski definition) is 0. The van der Waals surface area contributed by atoms with E-state index < -0.39 is 0 Å². The standard InChI is InChI=1S/C19H21N7O/c1-12-16-10-25(11-17(16)26-13(2)22-23-19(26)21-12)18(27)6-14-8-24(9-14)15-4-3-5-20-7-15/h3-5,7,14H,6,8-11H2,1-2H3. The second kappa shape index (κ2) is 6.00. The Labute approximate surface area is 156 Å². The molecule has 138 valence electrons. The SMILES string of the molecule is Cc1nc2nnc(C)n2c2c1CN(C(=O)CC1CN(c3cccnc3)C1)C2. The Kier molecular flexibility index (Phi) is 3.60. The molecule has 0 aliphatic carbocycles. The topological polar surface area (TPSA) is 79.5 Å². The van der Waals surface area contributed by atoms with E-state index in [-0.39, 0.29) is 5.91 Å². The molecule has 27 heavy (non-hydrogen) atoms. The van der Waals surface area contributed by atoms with Crippen LogP contribution in [0, 0.1) is 19.8 Å². The predicted octanol–water partition coefficient (Wildman–Crippen LogP) is 1.50. The van der Waals surface area contributed by atoms with Gasteiger partial charge in [0.15, 0.2) is 0 Å². The summed E-state index contributed by atoms with van der Waals surface area (Å²) in [5.41, 5.74) is 4.29. The molecule has 5 rings (SSSR count). The highest BCUT2D eigenvalue weighted by molar-refractivity contribution is 5.77. The van der Waals surface area contributed by atoms with E-state index in [2.05, 4.69) is 31.1 Å². The maximum Gasteiger partial charge on any atom is 0.255 e. The average Bonchev–Trinajstić information content (AvgIpc) is 3.23. The number of hydrogen-bond acceptors (Lipinski definition) is 6. The number of carbonyl (C=O) groups is 1. The van der Waals surface area contributed by atoms with Crippen molar-refractivity contribution in [3.8, 4) is 0 Å². The van der Waals surface area contributed by atoms with Gasteiger partial charge in [0.05, 0.1) is 24.1 Å². The van der Waals surface area contributed by atoms with E-state index in [1.54, 1.807) is 6.20 Å². The van der Waals surface area contributed by atoms with Crippen LogP contribution in [0.15, 0.2) is 24.5 Å². The van der Waals surface area contributed by atoms with Crippen LogP contribution in [0.2, 0.25) is 0 Å². The molecule has 0 unspecified atom stereocenters. The number of fused-ring (bicyclic) bond motifs is 3. The molecule has 3 aromatic rings. The highest BCUT2D eigenvalue weighted by atomic mass is 16.2. The van der Waals surface area contributed by atoms with Crippen molar-refractivity contribution >= 4 is 17.4 Å². The van der Waals surface area contributed by atoms with Crippen LogP contribution < -0.4 is 4.90 Å². The summed E-state index contributed by atoms with van der Waals surface area (Å²) in [5, 5.41) is 8.25. The normalized spacial score (nSPS) is 16.7. The van der Waals surface area contributed by atoms with Gasteiger partial charge in [0.25, 0.3) is 5.78 Å². The molecule has 8 heteroatoms. The van der Waals surface area contributed by atoms with Crippen LogP contribution in [0.4, 0.5) is 5.69 Å². The lowest BCUT2D eigenvalue weighted by molar-refractivity contribution is -0.133. The van der Waals surface area contributed by atoms with Gasteiger partial charge in [0.2, 0.25) is 5.91 Å². The molecule has 0 radical (unpaired) electrons. The van der Waals surface area contributed by atoms with Crippen LogP contribution in [0.5, 0.6) is 0 Å². The number of aryl methyl sites for hydroxylation is 2. The second-order valence-corrected chi connectivity index (χ2v) is 7.44. The predicted molar refractivity (Wildman–Crippen MR) is 99.1 cm³/mol. The van der Waals surface area contributed by atoms with Crippen LogP contribution in [-0.2, 0) is 17.9 Å². The fourth-order valence-electron chi connectivity index (χ4n) is 4.10. The zero-order valence-corrected chi connectivity index (χ0v) is 15.5. The number of carbonyl (C=O) groups excluding carboxylic acids is 1. The third-order valence-corrected chi connectivity index (χ3v) is 5.60. The fourth-order valence-corrected chi connectivity index (χ4v) is 4.10. The Morgan fingerprint density at radius 3 is 2.85 bits per heavy atom. The average molecular weight is 363 g/mol. The van der Waals surface area contributed by atoms with E-state index in [0.29, 0.717) is 31.2 Å². The van der Waals surface area contributed by atoms with E-state index in [1.807, 2.05) is 35.4 Å². The first-order chi connectivity index (χ1) is 13.1. The lowest BCUT2D eigenvalue weighted by Crippen LogP contribution is -2.48. The number of nitrogens with zero attached hydrogens (tertiary/aromatic N) is 7. The lowest BCUT2D eigenvalue weighted by atomic mass is 9.95. The van der Waals surface area contributed by atoms with Crippen LogP contribution in [0.3, 0.4) is 0 Å². The Hall–Kier alpha value is -3.03. The molecule has 0 saturated carbocycles. The number of aromatic nitrogens is 5. The van der Waals surface area contributed by atoms with Crippen molar-refractivity contribution in [3.05, 3.63) is 47.3 Å². The van der Waals surface area contributed by atoms with Crippen LogP contribution in [0.1, 0.15) is 29.2 Å². The number of rotatable bonds is 3. The van der Waals surface area contributed by atoms with Gasteiger partial charge in [0, 0.05) is 49.4 Å². The molecule has 1 saturated heterocycles. The molecule has 0 spiro atoms. The van der Waals surface area contributed by atoms with E-state index in [1.165, 1.54) is 0 Å². The molecular weight excluding hydrogens is 342 g/mol. The lowest BCUT2D eigenvalue weighted by Gasteiger charge is -2.41. The van der Waals surface area contributed by atoms with Gasteiger partial charge in [-0.3, -0.25) is 14.2 Å². The first kappa shape index (κ1) is 16.2. The maximum absolute atomic E-state index is 12.9. The number of amides is 1. The third-order valence-electron chi connectivity index (χ3n) is 5.60. The molecule has 5 heterocycles. The zero-order chi connectivity index (χ0) is 18.5. The Bertz CT molecular complexity index is 1020. The number of pyridine rings is 1. The van der Waals surface area contributed by atoms with Gasteiger partial charge in [-0.1, -0.05) is 0 Å². The fraction of sp³-hybridized carbons (Fsp3) is 0.421. The second-order valence-electron chi connectivity index (χ2n) is 7.44. The van der Waals surface area contributed by atoms with Gasteiger partial charge in [0.1, 0.15) is 5.82 Å². The molecule has 8 nitrogen and oxygen atoms in total. The molecule has 3 aromatic heterocycles. The molecule has 0 aromatic carbocycles. The van der Waals surface area contributed by atoms with Crippen molar-refractivity contribution in [3.63, 3.8) is 0 Å². The molecule has 2 aliphatic heterocycles. The van der Waals surface area contributed by atoms with Crippen molar-refractivity contribution in [2.45, 2.75) is 33.4 Å². The van der Waals surface area contributed by atoms with E-state index in [9.17, 15) is 4.79 Å². The molecular formula is C19H21N7O. The molecule has 1 fully saturated rings. The van der Waals surface area contributed by atoms with Crippen molar-refractivity contribution in [2.24, 2.45) is 5.92 Å². The molecule has 1 amide bonds. The summed E-state index contributed by atoms with van der Waals surface area (Å²) >= 11 is 0. The minimum Gasteiger partial charge on any atom is -0.370 e. The van der Waals surface area contributed by atoms with Crippen molar-refractivity contribution in [2.75, 3.05) is 18.0 Å². The van der Waals surface area contributed by atoms with Crippen LogP contribution in [0.25, 0.3) is 5.78 Å². The van der Waals surface area contributed by atoms with Crippen molar-refractivity contribution < 1.29 is 4.79 Å². The highest BCUT2D eigenvalue weighted by Crippen LogP contribution is 2.30. The molecule has 2 aliphatic rings. The first-order valence-corrected chi connectivity index (χ1v) is 9.23. The largest absolute Gasteiger partial charge is 0.370 e. The van der Waals surface area contributed by atoms with Gasteiger partial charge < -0.3 is 9.80 Å². The minimum atomic E-state index is 0.209. The quantitative estimate of drug-likeness (QED) is 0.702. The smallest absolute Gasteiger partial charge is 0.255 e. The summed E-state index contributed by atoms with van der Waals surface area (Å²) < 4.78 is 1.98. The Morgan fingerprint density at radius 1 is 1.22 bits per heavy atom. The molecule has 0 N–H and O–H groups in total. The summed E-state index contributed by atoms with van der Waals surface area (Å²) in [6.45, 7) is 6.95. The first-order valence-electron chi connectivity index (χ1n) is 9.23. The van der Waals surface area contributed by atoms with E-state index in [4.69, 9.17) is 0 Å². The number of anilines is 1. The molecule has 0 bridgehead atoms. The summed E-state index contributed by atoms with van der Waals surface area (Å²) in [7, 11) is 0. The van der Waals surface area contributed by atoms with Gasteiger partial charge in [-0.25, -0.2) is 4.98 Å². The van der Waals surface area contributed by atoms with Gasteiger partial charge in [-0.2, -0.15) is 0 Å². The Morgan fingerprint density at radius 2 is 2.07 bits per heavy atom. The Balaban J connectivity index is 1.27. The van der Waals surface area contributed by atoms with Gasteiger partial charge in [-0.05, 0) is 26.0 Å². The van der Waals surface area contributed by atoms with Crippen molar-refractivity contribution in [1.29, 1.82) is 0 Å². The third kappa shape index (κ3) is 2.63. The summed E-state index contributed by atoms with van der Waals surface area (Å²) in [4.78, 5) is 25.8. The summed E-state index contributed by atoms with van der Waals surface area (Å²) in [6, 6.07) is 4.00. The highest BCUT2D eigenvalue weighted by Gasteiger charge is 2.33. The zero-order valence-electron chi connectivity index (χ0n) is 15.5. The van der Waals surface area contributed by atoms with Gasteiger partial charge in [-0.15, -0.1) is 10.2 Å². The maximum atomic E-state index is 12.9. The van der Waals surface area contributed by atoms with E-state index >= 15 is 0 Å². The summed E-state index contributed by atoms with van der Waals surface area (Å²) in [5.74, 6) is 2.04. The van der Waals surface area contributed by atoms with Crippen molar-refractivity contribution in [1.82, 2.24) is 29.5 Å². The minimum absolute atomic E-state index is 0.209. The van der Waals surface area contributed by atoms with E-state index in [0.717, 1.165) is 41.6 Å².